The molecule has 4 nitrogen and oxygen atoms in total. The van der Waals surface area contributed by atoms with Crippen molar-refractivity contribution in [2.24, 2.45) is 5.41 Å². The van der Waals surface area contributed by atoms with Gasteiger partial charge in [-0.2, -0.15) is 0 Å². The Morgan fingerprint density at radius 2 is 2.25 bits per heavy atom. The first kappa shape index (κ1) is 13.7. The second-order valence-electron chi connectivity index (χ2n) is 6.17. The molecule has 0 aromatic heterocycles. The Labute approximate surface area is 120 Å². The van der Waals surface area contributed by atoms with Crippen LogP contribution in [0.5, 0.6) is 11.5 Å². The van der Waals surface area contributed by atoms with Crippen molar-refractivity contribution in [1.82, 2.24) is 5.32 Å². The molecule has 0 bridgehead atoms. The molecular weight excluding hydrogens is 254 g/mol. The minimum absolute atomic E-state index is 0.134. The van der Waals surface area contributed by atoms with Crippen LogP contribution in [-0.4, -0.2) is 31.5 Å². The van der Waals surface area contributed by atoms with Crippen LogP contribution in [0.15, 0.2) is 12.1 Å². The van der Waals surface area contributed by atoms with E-state index < -0.39 is 0 Å². The molecule has 0 amide bonds. The molecule has 20 heavy (non-hydrogen) atoms. The SMILES string of the molecule is COc1cc2c(cc1CNCC1(CO)CC1)OC(C)C2. The zero-order valence-electron chi connectivity index (χ0n) is 12.2. The highest BCUT2D eigenvalue weighted by atomic mass is 16.5. The third kappa shape index (κ3) is 2.63. The zero-order valence-corrected chi connectivity index (χ0v) is 12.2. The number of benzene rings is 1. The fraction of sp³-hybridized carbons (Fsp3) is 0.625. The summed E-state index contributed by atoms with van der Waals surface area (Å²) in [6.45, 7) is 3.97. The second-order valence-corrected chi connectivity index (χ2v) is 6.17. The molecule has 2 aliphatic rings. The van der Waals surface area contributed by atoms with Crippen LogP contribution in [0.3, 0.4) is 0 Å². The maximum Gasteiger partial charge on any atom is 0.123 e. The number of hydrogen-bond acceptors (Lipinski definition) is 4. The molecule has 1 unspecified atom stereocenters. The van der Waals surface area contributed by atoms with Gasteiger partial charge in [0.1, 0.15) is 17.6 Å². The number of aliphatic hydroxyl groups is 1. The van der Waals surface area contributed by atoms with Crippen LogP contribution >= 0.6 is 0 Å². The second kappa shape index (κ2) is 5.26. The molecule has 0 saturated heterocycles. The van der Waals surface area contributed by atoms with Crippen molar-refractivity contribution in [2.45, 2.75) is 38.8 Å². The number of nitrogens with one attached hydrogen (secondary N) is 1. The summed E-state index contributed by atoms with van der Waals surface area (Å²) < 4.78 is 11.3. The molecule has 1 aliphatic carbocycles. The third-order valence-electron chi connectivity index (χ3n) is 4.41. The standard InChI is InChI=1S/C16H23NO3/c1-11-5-12-6-14(19-2)13(7-15(12)20-11)8-17-9-16(10-18)3-4-16/h6-7,11,17-18H,3-5,8-10H2,1-2H3. The molecule has 1 atom stereocenters. The van der Waals surface area contributed by atoms with Crippen molar-refractivity contribution in [3.8, 4) is 11.5 Å². The Morgan fingerprint density at radius 1 is 1.45 bits per heavy atom. The van der Waals surface area contributed by atoms with Crippen LogP contribution < -0.4 is 14.8 Å². The van der Waals surface area contributed by atoms with Gasteiger partial charge >= 0.3 is 0 Å². The van der Waals surface area contributed by atoms with Gasteiger partial charge in [0.05, 0.1) is 7.11 Å². The summed E-state index contributed by atoms with van der Waals surface area (Å²) in [6, 6.07) is 4.18. The van der Waals surface area contributed by atoms with Crippen molar-refractivity contribution in [3.63, 3.8) is 0 Å². The number of methoxy groups -OCH3 is 1. The van der Waals surface area contributed by atoms with E-state index in [1.165, 1.54) is 5.56 Å². The summed E-state index contributed by atoms with van der Waals surface area (Å²) >= 11 is 0. The van der Waals surface area contributed by atoms with Gasteiger partial charge in [0.15, 0.2) is 0 Å². The lowest BCUT2D eigenvalue weighted by atomic mass is 10.1. The molecule has 110 valence electrons. The zero-order chi connectivity index (χ0) is 14.2. The highest BCUT2D eigenvalue weighted by molar-refractivity contribution is 5.48. The van der Waals surface area contributed by atoms with Gasteiger partial charge < -0.3 is 19.9 Å². The Morgan fingerprint density at radius 3 is 2.90 bits per heavy atom. The fourth-order valence-corrected chi connectivity index (χ4v) is 2.84. The summed E-state index contributed by atoms with van der Waals surface area (Å²) in [5, 5.41) is 12.8. The van der Waals surface area contributed by atoms with E-state index in [1.807, 2.05) is 0 Å². The van der Waals surface area contributed by atoms with Gasteiger partial charge in [-0.1, -0.05) is 0 Å². The van der Waals surface area contributed by atoms with Crippen molar-refractivity contribution < 1.29 is 14.6 Å². The largest absolute Gasteiger partial charge is 0.496 e. The predicted octanol–water partition coefficient (Wildman–Crippen LogP) is 1.88. The summed E-state index contributed by atoms with van der Waals surface area (Å²) in [5.74, 6) is 1.90. The van der Waals surface area contributed by atoms with E-state index >= 15 is 0 Å². The fourth-order valence-electron chi connectivity index (χ4n) is 2.84. The minimum Gasteiger partial charge on any atom is -0.496 e. The van der Waals surface area contributed by atoms with E-state index in [4.69, 9.17) is 9.47 Å². The van der Waals surface area contributed by atoms with E-state index in [9.17, 15) is 5.11 Å². The van der Waals surface area contributed by atoms with E-state index in [2.05, 4.69) is 24.4 Å². The number of rotatable bonds is 6. The third-order valence-corrected chi connectivity index (χ3v) is 4.41. The lowest BCUT2D eigenvalue weighted by molar-refractivity contribution is 0.207. The van der Waals surface area contributed by atoms with Gasteiger partial charge in [0, 0.05) is 42.7 Å². The lowest BCUT2D eigenvalue weighted by Crippen LogP contribution is -2.26. The number of fused-ring (bicyclic) bond motifs is 1. The maximum absolute atomic E-state index is 9.33. The predicted molar refractivity (Wildman–Crippen MR) is 77.2 cm³/mol. The van der Waals surface area contributed by atoms with E-state index in [-0.39, 0.29) is 18.1 Å². The molecule has 1 aromatic rings. The van der Waals surface area contributed by atoms with Gasteiger partial charge in [-0.25, -0.2) is 0 Å². The summed E-state index contributed by atoms with van der Waals surface area (Å²) in [6.07, 6.45) is 3.45. The molecule has 4 heteroatoms. The van der Waals surface area contributed by atoms with Gasteiger partial charge in [0.25, 0.3) is 0 Å². The average Bonchev–Trinajstić information content (AvgIpc) is 3.13. The number of aliphatic hydroxyl groups excluding tert-OH is 1. The quantitative estimate of drug-likeness (QED) is 0.833. The maximum atomic E-state index is 9.33. The molecule has 1 saturated carbocycles. The molecule has 1 heterocycles. The smallest absolute Gasteiger partial charge is 0.123 e. The average molecular weight is 277 g/mol. The highest BCUT2D eigenvalue weighted by Gasteiger charge is 2.41. The first-order valence-corrected chi connectivity index (χ1v) is 7.34. The Hall–Kier alpha value is -1.26. The molecule has 1 aliphatic heterocycles. The monoisotopic (exact) mass is 277 g/mol. The van der Waals surface area contributed by atoms with E-state index in [1.54, 1.807) is 7.11 Å². The molecule has 1 aromatic carbocycles. The van der Waals surface area contributed by atoms with Crippen LogP contribution in [0.25, 0.3) is 0 Å². The molecule has 2 N–H and O–H groups in total. The van der Waals surface area contributed by atoms with Gasteiger partial charge in [-0.05, 0) is 31.9 Å². The highest BCUT2D eigenvalue weighted by Crippen LogP contribution is 2.44. The first-order chi connectivity index (χ1) is 9.65. The molecule has 0 spiro atoms. The van der Waals surface area contributed by atoms with E-state index in [0.717, 1.165) is 49.4 Å². The Balaban J connectivity index is 1.68. The summed E-state index contributed by atoms with van der Waals surface area (Å²) in [4.78, 5) is 0. The van der Waals surface area contributed by atoms with Crippen LogP contribution in [-0.2, 0) is 13.0 Å². The molecule has 0 radical (unpaired) electrons. The first-order valence-electron chi connectivity index (χ1n) is 7.34. The van der Waals surface area contributed by atoms with Crippen LogP contribution in [0.1, 0.15) is 30.9 Å². The van der Waals surface area contributed by atoms with Crippen LogP contribution in [0.2, 0.25) is 0 Å². The van der Waals surface area contributed by atoms with E-state index in [0.29, 0.717) is 0 Å². The lowest BCUT2D eigenvalue weighted by Gasteiger charge is -2.15. The molecular formula is C16H23NO3. The van der Waals surface area contributed by atoms with Gasteiger partial charge in [0.2, 0.25) is 0 Å². The van der Waals surface area contributed by atoms with Crippen molar-refractivity contribution in [1.29, 1.82) is 0 Å². The van der Waals surface area contributed by atoms with Gasteiger partial charge in [-0.3, -0.25) is 0 Å². The van der Waals surface area contributed by atoms with Crippen molar-refractivity contribution in [3.05, 3.63) is 23.3 Å². The van der Waals surface area contributed by atoms with Crippen molar-refractivity contribution >= 4 is 0 Å². The van der Waals surface area contributed by atoms with Crippen molar-refractivity contribution in [2.75, 3.05) is 20.3 Å². The minimum atomic E-state index is 0.134. The molecule has 3 rings (SSSR count). The summed E-state index contributed by atoms with van der Waals surface area (Å²) in [7, 11) is 1.71. The van der Waals surface area contributed by atoms with Gasteiger partial charge in [-0.15, -0.1) is 0 Å². The Kier molecular flexibility index (Phi) is 3.61. The normalized spacial score (nSPS) is 22.2. The van der Waals surface area contributed by atoms with Crippen LogP contribution in [0.4, 0.5) is 0 Å². The Bertz CT molecular complexity index is 497. The summed E-state index contributed by atoms with van der Waals surface area (Å²) in [5.41, 5.74) is 2.48. The topological polar surface area (TPSA) is 50.7 Å². The van der Waals surface area contributed by atoms with Crippen LogP contribution in [0, 0.1) is 5.41 Å². The molecule has 1 fully saturated rings. The number of hydrogen-bond donors (Lipinski definition) is 2. The number of ether oxygens (including phenoxy) is 2.